The zero-order chi connectivity index (χ0) is 10.7. The molecular weight excluding hydrogens is 335 g/mol. The lowest BCUT2D eigenvalue weighted by molar-refractivity contribution is 0.0338. The Morgan fingerprint density at radius 2 is 2.00 bits per heavy atom. The quantitative estimate of drug-likeness (QED) is 0.828. The van der Waals surface area contributed by atoms with Gasteiger partial charge in [0.2, 0.25) is 0 Å². The van der Waals surface area contributed by atoms with Gasteiger partial charge < -0.3 is 10.2 Å². The van der Waals surface area contributed by atoms with Crippen molar-refractivity contribution in [3.63, 3.8) is 0 Å². The molecule has 0 aliphatic rings. The monoisotopic (exact) mass is 342 g/mol. The van der Waals surface area contributed by atoms with Crippen molar-refractivity contribution in [2.45, 2.75) is 12.2 Å². The number of aliphatic hydroxyl groups is 2. The van der Waals surface area contributed by atoms with Crippen molar-refractivity contribution in [1.82, 2.24) is 0 Å². The molecule has 0 saturated carbocycles. The number of halogens is 3. The SMILES string of the molecule is OC(CBr)C(O)c1cccc(Cl)c1Br. The highest BCUT2D eigenvalue weighted by Crippen LogP contribution is 2.31. The third kappa shape index (κ3) is 2.70. The van der Waals surface area contributed by atoms with E-state index in [0.29, 0.717) is 20.4 Å². The van der Waals surface area contributed by atoms with Crippen LogP contribution >= 0.6 is 43.5 Å². The van der Waals surface area contributed by atoms with E-state index in [1.807, 2.05) is 0 Å². The molecule has 5 heteroatoms. The van der Waals surface area contributed by atoms with Gasteiger partial charge in [0.15, 0.2) is 0 Å². The lowest BCUT2D eigenvalue weighted by Gasteiger charge is -2.17. The smallest absolute Gasteiger partial charge is 0.107 e. The predicted molar refractivity (Wildman–Crippen MR) is 63.9 cm³/mol. The molecule has 0 aliphatic carbocycles. The predicted octanol–water partition coefficient (Wildman–Crippen LogP) is 2.89. The minimum Gasteiger partial charge on any atom is -0.389 e. The lowest BCUT2D eigenvalue weighted by Crippen LogP contribution is -2.19. The summed E-state index contributed by atoms with van der Waals surface area (Å²) < 4.78 is 0.620. The summed E-state index contributed by atoms with van der Waals surface area (Å²) in [6, 6.07) is 5.15. The van der Waals surface area contributed by atoms with Gasteiger partial charge in [0.25, 0.3) is 0 Å². The van der Waals surface area contributed by atoms with Gasteiger partial charge in [-0.2, -0.15) is 0 Å². The van der Waals surface area contributed by atoms with E-state index in [1.54, 1.807) is 18.2 Å². The van der Waals surface area contributed by atoms with Crippen molar-refractivity contribution >= 4 is 43.5 Å². The van der Waals surface area contributed by atoms with E-state index in [9.17, 15) is 10.2 Å². The molecule has 0 fully saturated rings. The average Bonchev–Trinajstić information content (AvgIpc) is 2.20. The van der Waals surface area contributed by atoms with E-state index in [-0.39, 0.29) is 0 Å². The standard InChI is InChI=1S/C9H9Br2ClO2/c10-4-7(13)9(14)5-2-1-3-6(12)8(5)11/h1-3,7,9,13-14H,4H2. The van der Waals surface area contributed by atoms with Gasteiger partial charge in [-0.1, -0.05) is 39.7 Å². The Hall–Kier alpha value is 0.390. The van der Waals surface area contributed by atoms with Crippen LogP contribution in [0.5, 0.6) is 0 Å². The van der Waals surface area contributed by atoms with Crippen molar-refractivity contribution < 1.29 is 10.2 Å². The molecule has 2 nitrogen and oxygen atoms in total. The molecule has 1 aromatic carbocycles. The number of benzene rings is 1. The number of aliphatic hydroxyl groups excluding tert-OH is 2. The second kappa shape index (κ2) is 5.47. The van der Waals surface area contributed by atoms with Gasteiger partial charge in [-0.25, -0.2) is 0 Å². The van der Waals surface area contributed by atoms with Crippen LogP contribution < -0.4 is 0 Å². The average molecular weight is 344 g/mol. The number of hydrogen-bond donors (Lipinski definition) is 2. The van der Waals surface area contributed by atoms with Crippen molar-refractivity contribution in [3.05, 3.63) is 33.3 Å². The number of alkyl halides is 1. The van der Waals surface area contributed by atoms with E-state index in [2.05, 4.69) is 31.9 Å². The van der Waals surface area contributed by atoms with Crippen molar-refractivity contribution in [1.29, 1.82) is 0 Å². The third-order valence-corrected chi connectivity index (χ3v) is 3.91. The maximum absolute atomic E-state index is 9.73. The van der Waals surface area contributed by atoms with Gasteiger partial charge in [0.05, 0.1) is 11.1 Å². The minimum atomic E-state index is -0.942. The summed E-state index contributed by atoms with van der Waals surface area (Å²) in [5, 5.41) is 20.0. The molecule has 2 atom stereocenters. The zero-order valence-electron chi connectivity index (χ0n) is 7.12. The second-order valence-corrected chi connectivity index (χ2v) is 4.66. The summed E-state index contributed by atoms with van der Waals surface area (Å²) in [5.41, 5.74) is 0.587. The first-order valence-electron chi connectivity index (χ1n) is 3.94. The second-order valence-electron chi connectivity index (χ2n) is 2.81. The summed E-state index contributed by atoms with van der Waals surface area (Å²) in [5.74, 6) is 0. The molecule has 0 saturated heterocycles. The molecule has 2 N–H and O–H groups in total. The Labute approximate surface area is 104 Å². The Bertz CT molecular complexity index is 320. The van der Waals surface area contributed by atoms with E-state index < -0.39 is 12.2 Å². The highest BCUT2D eigenvalue weighted by atomic mass is 79.9. The third-order valence-electron chi connectivity index (χ3n) is 1.82. The van der Waals surface area contributed by atoms with Gasteiger partial charge in [0, 0.05) is 9.80 Å². The van der Waals surface area contributed by atoms with E-state index >= 15 is 0 Å². The Morgan fingerprint density at radius 1 is 1.36 bits per heavy atom. The first-order valence-corrected chi connectivity index (χ1v) is 6.23. The van der Waals surface area contributed by atoms with Crippen LogP contribution in [-0.2, 0) is 0 Å². The van der Waals surface area contributed by atoms with Gasteiger partial charge >= 0.3 is 0 Å². The van der Waals surface area contributed by atoms with Gasteiger partial charge in [-0.05, 0) is 27.6 Å². The van der Waals surface area contributed by atoms with E-state index in [4.69, 9.17) is 11.6 Å². The van der Waals surface area contributed by atoms with Crippen LogP contribution in [0, 0.1) is 0 Å². The zero-order valence-corrected chi connectivity index (χ0v) is 11.1. The molecule has 0 amide bonds. The topological polar surface area (TPSA) is 40.5 Å². The molecular formula is C9H9Br2ClO2. The summed E-state index contributed by atoms with van der Waals surface area (Å²) in [6.45, 7) is 0. The molecule has 0 aromatic heterocycles. The molecule has 2 unspecified atom stereocenters. The van der Waals surface area contributed by atoms with Crippen molar-refractivity contribution in [2.24, 2.45) is 0 Å². The molecule has 1 aromatic rings. The highest BCUT2D eigenvalue weighted by Gasteiger charge is 2.20. The molecule has 1 rings (SSSR count). The largest absolute Gasteiger partial charge is 0.389 e. The molecule has 0 radical (unpaired) electrons. The fourth-order valence-corrected chi connectivity index (χ4v) is 2.08. The summed E-state index contributed by atoms with van der Waals surface area (Å²) in [6.07, 6.45) is -1.78. The van der Waals surface area contributed by atoms with Crippen LogP contribution in [0.1, 0.15) is 11.7 Å². The van der Waals surface area contributed by atoms with E-state index in [1.165, 1.54) is 0 Å². The van der Waals surface area contributed by atoms with Crippen molar-refractivity contribution in [2.75, 3.05) is 5.33 Å². The van der Waals surface area contributed by atoms with Crippen LogP contribution in [0.2, 0.25) is 5.02 Å². The van der Waals surface area contributed by atoms with Crippen LogP contribution in [-0.4, -0.2) is 21.6 Å². The first-order chi connectivity index (χ1) is 6.57. The fourth-order valence-electron chi connectivity index (χ4n) is 1.04. The van der Waals surface area contributed by atoms with Crippen LogP contribution in [0.15, 0.2) is 22.7 Å². The molecule has 0 bridgehead atoms. The van der Waals surface area contributed by atoms with Gasteiger partial charge in [0.1, 0.15) is 6.10 Å². The molecule has 14 heavy (non-hydrogen) atoms. The highest BCUT2D eigenvalue weighted by molar-refractivity contribution is 9.10. The molecule has 0 spiro atoms. The Morgan fingerprint density at radius 3 is 2.57 bits per heavy atom. The summed E-state index contributed by atoms with van der Waals surface area (Å²) in [7, 11) is 0. The number of hydrogen-bond acceptors (Lipinski definition) is 2. The maximum Gasteiger partial charge on any atom is 0.107 e. The molecule has 0 aliphatic heterocycles. The first kappa shape index (κ1) is 12.5. The van der Waals surface area contributed by atoms with Gasteiger partial charge in [-0.3, -0.25) is 0 Å². The Kier molecular flexibility index (Phi) is 4.87. The Balaban J connectivity index is 3.01. The molecule has 78 valence electrons. The summed E-state index contributed by atoms with van der Waals surface area (Å²) in [4.78, 5) is 0. The lowest BCUT2D eigenvalue weighted by atomic mass is 10.1. The maximum atomic E-state index is 9.73. The normalized spacial score (nSPS) is 15.2. The van der Waals surface area contributed by atoms with E-state index in [0.717, 1.165) is 0 Å². The van der Waals surface area contributed by atoms with Gasteiger partial charge in [-0.15, -0.1) is 0 Å². The fraction of sp³-hybridized carbons (Fsp3) is 0.333. The molecule has 0 heterocycles. The minimum absolute atomic E-state index is 0.313. The van der Waals surface area contributed by atoms with Crippen molar-refractivity contribution in [3.8, 4) is 0 Å². The van der Waals surface area contributed by atoms with Crippen LogP contribution in [0.3, 0.4) is 0 Å². The number of rotatable bonds is 3. The van der Waals surface area contributed by atoms with Crippen LogP contribution in [0.4, 0.5) is 0 Å². The summed E-state index contributed by atoms with van der Waals surface area (Å²) >= 11 is 12.2. The van der Waals surface area contributed by atoms with Crippen LogP contribution in [0.25, 0.3) is 0 Å².